The van der Waals surface area contributed by atoms with Crippen LogP contribution in [0.1, 0.15) is 36.5 Å². The lowest BCUT2D eigenvalue weighted by Crippen LogP contribution is -2.60. The lowest BCUT2D eigenvalue weighted by Gasteiger charge is -2.39. The van der Waals surface area contributed by atoms with Gasteiger partial charge in [-0.25, -0.2) is 21.8 Å². The molecular weight excluding hydrogens is 406 g/mol. The van der Waals surface area contributed by atoms with Crippen molar-refractivity contribution in [3.8, 4) is 5.75 Å². The van der Waals surface area contributed by atoms with Gasteiger partial charge in [0.15, 0.2) is 0 Å². The molecule has 28 heavy (non-hydrogen) atoms. The van der Waals surface area contributed by atoms with Gasteiger partial charge in [0.1, 0.15) is 5.75 Å². The van der Waals surface area contributed by atoms with E-state index in [-0.39, 0.29) is 21.2 Å². The summed E-state index contributed by atoms with van der Waals surface area (Å²) < 4.78 is 55.2. The number of amides is 1. The highest BCUT2D eigenvalue weighted by atomic mass is 32.3. The average Bonchev–Trinajstić information content (AvgIpc) is 3.13. The van der Waals surface area contributed by atoms with Gasteiger partial charge in [-0.2, -0.15) is 0 Å². The molecule has 0 aliphatic carbocycles. The number of hydrogen-bond acceptors (Lipinski definition) is 7. The van der Waals surface area contributed by atoms with Crippen LogP contribution < -0.4 is 10.1 Å². The molecule has 0 aromatic heterocycles. The Bertz CT molecular complexity index is 879. The highest BCUT2D eigenvalue weighted by Crippen LogP contribution is 2.28. The van der Waals surface area contributed by atoms with Gasteiger partial charge in [0.05, 0.1) is 31.2 Å². The van der Waals surface area contributed by atoms with Crippen LogP contribution in [0.2, 0.25) is 0 Å². The standard InChI is InChI=1S/C17H27N3O6S2/c1-5-15(14-10-8-12-18-14)19(20(27(3,22)23)28(4,24)25)17(21)13-9-6-7-11-16(13)26-2/h6-7,9,11,14-15,18H,5,8,10,12H2,1-4H3. The van der Waals surface area contributed by atoms with Crippen LogP contribution in [0.5, 0.6) is 5.75 Å². The second-order valence-corrected chi connectivity index (χ2v) is 10.6. The molecule has 1 N–H and O–H groups in total. The van der Waals surface area contributed by atoms with Crippen LogP contribution in [0.4, 0.5) is 0 Å². The number of hydrogen-bond donors (Lipinski definition) is 1. The summed E-state index contributed by atoms with van der Waals surface area (Å²) in [4.78, 5) is 13.5. The molecular formula is C17H27N3O6S2. The van der Waals surface area contributed by atoms with E-state index in [1.165, 1.54) is 13.2 Å². The Morgan fingerprint density at radius 3 is 2.29 bits per heavy atom. The topological polar surface area (TPSA) is 113 Å². The van der Waals surface area contributed by atoms with Gasteiger partial charge in [-0.1, -0.05) is 19.1 Å². The van der Waals surface area contributed by atoms with Crippen molar-refractivity contribution < 1.29 is 26.4 Å². The summed E-state index contributed by atoms with van der Waals surface area (Å²) in [6, 6.07) is 5.41. The van der Waals surface area contributed by atoms with Gasteiger partial charge < -0.3 is 10.1 Å². The molecule has 0 spiro atoms. The van der Waals surface area contributed by atoms with Crippen molar-refractivity contribution in [2.24, 2.45) is 0 Å². The van der Waals surface area contributed by atoms with Crippen LogP contribution in [0.15, 0.2) is 24.3 Å². The summed E-state index contributed by atoms with van der Waals surface area (Å²) >= 11 is 0. The minimum Gasteiger partial charge on any atom is -0.496 e. The molecule has 1 saturated heterocycles. The van der Waals surface area contributed by atoms with Crippen LogP contribution in [-0.4, -0.2) is 69.8 Å². The van der Waals surface area contributed by atoms with Crippen molar-refractivity contribution in [1.29, 1.82) is 0 Å². The van der Waals surface area contributed by atoms with Crippen molar-refractivity contribution in [2.75, 3.05) is 26.2 Å². The van der Waals surface area contributed by atoms with E-state index in [0.717, 1.165) is 30.5 Å². The summed E-state index contributed by atoms with van der Waals surface area (Å²) in [7, 11) is -7.21. The summed E-state index contributed by atoms with van der Waals surface area (Å²) in [6.07, 6.45) is 3.46. The van der Waals surface area contributed by atoms with Crippen molar-refractivity contribution in [2.45, 2.75) is 38.3 Å². The van der Waals surface area contributed by atoms with Gasteiger partial charge in [-0.15, -0.1) is 0 Å². The zero-order valence-corrected chi connectivity index (χ0v) is 18.1. The van der Waals surface area contributed by atoms with Gasteiger partial charge in [0.25, 0.3) is 5.91 Å². The minimum absolute atomic E-state index is 0.0822. The molecule has 2 atom stereocenters. The van der Waals surface area contributed by atoms with Crippen LogP contribution in [0.3, 0.4) is 0 Å². The number of nitrogens with zero attached hydrogens (tertiary/aromatic N) is 2. The first-order chi connectivity index (χ1) is 13.0. The Balaban J connectivity index is 2.68. The highest BCUT2D eigenvalue weighted by Gasteiger charge is 2.44. The van der Waals surface area contributed by atoms with Gasteiger partial charge in [0.2, 0.25) is 20.0 Å². The van der Waals surface area contributed by atoms with E-state index in [0.29, 0.717) is 12.8 Å². The van der Waals surface area contributed by atoms with Gasteiger partial charge in [-0.3, -0.25) is 4.79 Å². The first-order valence-electron chi connectivity index (χ1n) is 8.92. The fourth-order valence-corrected chi connectivity index (χ4v) is 6.52. The molecule has 1 aliphatic heterocycles. The van der Waals surface area contributed by atoms with Crippen LogP contribution >= 0.6 is 0 Å². The zero-order valence-electron chi connectivity index (χ0n) is 16.5. The number of methoxy groups -OCH3 is 1. The Morgan fingerprint density at radius 1 is 1.21 bits per heavy atom. The average molecular weight is 434 g/mol. The number of carbonyl (C=O) groups is 1. The molecule has 11 heteroatoms. The molecule has 0 saturated carbocycles. The van der Waals surface area contributed by atoms with E-state index in [4.69, 9.17) is 4.74 Å². The number of carbonyl (C=O) groups excluding carboxylic acids is 1. The quantitative estimate of drug-likeness (QED) is 0.604. The minimum atomic E-state index is -4.30. The molecule has 1 amide bonds. The molecule has 1 aromatic rings. The van der Waals surface area contributed by atoms with Crippen LogP contribution in [0, 0.1) is 0 Å². The van der Waals surface area contributed by atoms with Crippen molar-refractivity contribution in [3.05, 3.63) is 29.8 Å². The lowest BCUT2D eigenvalue weighted by molar-refractivity contribution is 0.0331. The lowest BCUT2D eigenvalue weighted by atomic mass is 10.0. The van der Waals surface area contributed by atoms with Crippen molar-refractivity contribution >= 4 is 26.0 Å². The molecule has 1 fully saturated rings. The van der Waals surface area contributed by atoms with Crippen molar-refractivity contribution in [3.63, 3.8) is 0 Å². The summed E-state index contributed by atoms with van der Waals surface area (Å²) in [5.74, 6) is -0.525. The Hall–Kier alpha value is -1.69. The predicted molar refractivity (Wildman–Crippen MR) is 106 cm³/mol. The monoisotopic (exact) mass is 433 g/mol. The molecule has 158 valence electrons. The molecule has 0 radical (unpaired) electrons. The smallest absolute Gasteiger partial charge is 0.273 e. The summed E-state index contributed by atoms with van der Waals surface area (Å²) in [5, 5.41) is 4.09. The highest BCUT2D eigenvalue weighted by molar-refractivity contribution is 8.03. The van der Waals surface area contributed by atoms with E-state index in [1.54, 1.807) is 25.1 Å². The molecule has 1 aliphatic rings. The Labute approximate surface area is 166 Å². The fraction of sp³-hybridized carbons (Fsp3) is 0.588. The second kappa shape index (κ2) is 8.76. The van der Waals surface area contributed by atoms with E-state index < -0.39 is 32.0 Å². The third-order valence-electron chi connectivity index (χ3n) is 4.58. The van der Waals surface area contributed by atoms with Crippen LogP contribution in [0.25, 0.3) is 0 Å². The predicted octanol–water partition coefficient (Wildman–Crippen LogP) is 0.804. The Morgan fingerprint density at radius 2 is 1.82 bits per heavy atom. The molecule has 1 aromatic carbocycles. The number of hydrazine groups is 1. The number of sulfonamides is 2. The van der Waals surface area contributed by atoms with Gasteiger partial charge >= 0.3 is 0 Å². The first kappa shape index (κ1) is 22.6. The molecule has 2 unspecified atom stereocenters. The van der Waals surface area contributed by atoms with Gasteiger partial charge in [-0.05, 0) is 37.9 Å². The maximum atomic E-state index is 13.5. The molecule has 2 rings (SSSR count). The van der Waals surface area contributed by atoms with E-state index in [1.807, 2.05) is 0 Å². The summed E-state index contributed by atoms with van der Waals surface area (Å²) in [6.45, 7) is 2.51. The first-order valence-corrected chi connectivity index (χ1v) is 12.6. The molecule has 1 heterocycles. The largest absolute Gasteiger partial charge is 0.496 e. The number of ether oxygens (including phenoxy) is 1. The molecule has 9 nitrogen and oxygen atoms in total. The number of nitrogens with one attached hydrogen (secondary N) is 1. The van der Waals surface area contributed by atoms with E-state index in [2.05, 4.69) is 5.32 Å². The zero-order chi connectivity index (χ0) is 21.1. The molecule has 0 bridgehead atoms. The normalized spacial score (nSPS) is 18.8. The summed E-state index contributed by atoms with van der Waals surface area (Å²) in [5.41, 5.74) is 0.0822. The number of benzene rings is 1. The third-order valence-corrected chi connectivity index (χ3v) is 7.70. The maximum absolute atomic E-state index is 13.5. The fourth-order valence-electron chi connectivity index (χ4n) is 3.52. The number of rotatable bonds is 8. The second-order valence-electron chi connectivity index (χ2n) is 6.73. The SMILES string of the molecule is CCC(C1CCCN1)N(C(=O)c1ccccc1OC)N(S(C)(=O)=O)S(C)(=O)=O. The van der Waals surface area contributed by atoms with Gasteiger partial charge in [0, 0.05) is 9.86 Å². The van der Waals surface area contributed by atoms with Crippen LogP contribution in [-0.2, 0) is 20.0 Å². The van der Waals surface area contributed by atoms with Crippen molar-refractivity contribution in [1.82, 2.24) is 14.1 Å². The Kier molecular flexibility index (Phi) is 7.07. The maximum Gasteiger partial charge on any atom is 0.273 e. The van der Waals surface area contributed by atoms with E-state index in [9.17, 15) is 21.6 Å². The third kappa shape index (κ3) is 4.83. The van der Waals surface area contributed by atoms with E-state index >= 15 is 0 Å². The number of para-hydroxylation sites is 1.